The van der Waals surface area contributed by atoms with Gasteiger partial charge >= 0.3 is 0 Å². The van der Waals surface area contributed by atoms with Crippen LogP contribution in [-0.4, -0.2) is 52.8 Å². The highest BCUT2D eigenvalue weighted by Gasteiger charge is 2.22. The Balaban J connectivity index is 1.55. The maximum absolute atomic E-state index is 12.6. The second-order valence-electron chi connectivity index (χ2n) is 6.59. The SMILES string of the molecule is Cc1ccccc1CC(=O)N1CCCN(C(=O)Cc2ccc[nH]2)CC1. The van der Waals surface area contributed by atoms with E-state index in [1.54, 1.807) is 0 Å². The number of hydrogen-bond donors (Lipinski definition) is 1. The van der Waals surface area contributed by atoms with Gasteiger partial charge < -0.3 is 14.8 Å². The number of H-pyrrole nitrogens is 1. The van der Waals surface area contributed by atoms with Crippen LogP contribution in [0, 0.1) is 6.92 Å². The monoisotopic (exact) mass is 339 g/mol. The molecule has 5 nitrogen and oxygen atoms in total. The number of nitrogens with one attached hydrogen (secondary N) is 1. The Kier molecular flexibility index (Phi) is 5.53. The molecule has 2 aromatic rings. The summed E-state index contributed by atoms with van der Waals surface area (Å²) in [4.78, 5) is 31.9. The van der Waals surface area contributed by atoms with Crippen molar-refractivity contribution in [3.05, 3.63) is 59.4 Å². The average molecular weight is 339 g/mol. The molecule has 0 aliphatic carbocycles. The standard InChI is InChI=1S/C20H25N3O2/c1-16-6-2-3-7-17(16)14-19(24)22-10-5-11-23(13-12-22)20(25)15-18-8-4-9-21-18/h2-4,6-9,21H,5,10-15H2,1H3. The minimum absolute atomic E-state index is 0.121. The number of nitrogens with zero attached hydrogens (tertiary/aromatic N) is 2. The summed E-state index contributed by atoms with van der Waals surface area (Å²) in [5.41, 5.74) is 3.16. The molecule has 25 heavy (non-hydrogen) atoms. The van der Waals surface area contributed by atoms with Crippen LogP contribution in [0.25, 0.3) is 0 Å². The van der Waals surface area contributed by atoms with Gasteiger partial charge in [-0.15, -0.1) is 0 Å². The van der Waals surface area contributed by atoms with Crippen molar-refractivity contribution in [2.45, 2.75) is 26.2 Å². The van der Waals surface area contributed by atoms with Crippen molar-refractivity contribution in [1.29, 1.82) is 0 Å². The molecule has 132 valence electrons. The molecule has 0 atom stereocenters. The van der Waals surface area contributed by atoms with E-state index in [9.17, 15) is 9.59 Å². The van der Waals surface area contributed by atoms with Crippen LogP contribution in [0.4, 0.5) is 0 Å². The zero-order valence-corrected chi connectivity index (χ0v) is 14.7. The number of carbonyl (C=O) groups excluding carboxylic acids is 2. The number of aromatic nitrogens is 1. The molecule has 2 amide bonds. The Labute approximate surface area is 148 Å². The molecule has 1 aromatic carbocycles. The maximum atomic E-state index is 12.6. The van der Waals surface area contributed by atoms with E-state index in [2.05, 4.69) is 4.98 Å². The topological polar surface area (TPSA) is 56.4 Å². The Hall–Kier alpha value is -2.56. The van der Waals surface area contributed by atoms with Gasteiger partial charge in [-0.05, 0) is 36.6 Å². The van der Waals surface area contributed by atoms with Gasteiger partial charge in [-0.2, -0.15) is 0 Å². The largest absolute Gasteiger partial charge is 0.365 e. The van der Waals surface area contributed by atoms with Gasteiger partial charge in [0, 0.05) is 38.1 Å². The summed E-state index contributed by atoms with van der Waals surface area (Å²) in [6.07, 6.45) is 3.49. The molecule has 5 heteroatoms. The van der Waals surface area contributed by atoms with Gasteiger partial charge in [0.25, 0.3) is 0 Å². The Morgan fingerprint density at radius 2 is 1.60 bits per heavy atom. The van der Waals surface area contributed by atoms with Crippen LogP contribution in [-0.2, 0) is 22.4 Å². The van der Waals surface area contributed by atoms with Gasteiger partial charge in [-0.1, -0.05) is 24.3 Å². The number of aryl methyl sites for hydroxylation is 1. The zero-order valence-electron chi connectivity index (χ0n) is 14.7. The van der Waals surface area contributed by atoms with Crippen LogP contribution in [0.5, 0.6) is 0 Å². The molecule has 1 aliphatic rings. The minimum Gasteiger partial charge on any atom is -0.365 e. The molecule has 0 radical (unpaired) electrons. The van der Waals surface area contributed by atoms with E-state index >= 15 is 0 Å². The maximum Gasteiger partial charge on any atom is 0.228 e. The summed E-state index contributed by atoms with van der Waals surface area (Å²) in [6, 6.07) is 11.8. The number of carbonyl (C=O) groups is 2. The lowest BCUT2D eigenvalue weighted by Crippen LogP contribution is -2.38. The highest BCUT2D eigenvalue weighted by molar-refractivity contribution is 5.80. The normalized spacial score (nSPS) is 15.1. The number of amides is 2. The van der Waals surface area contributed by atoms with E-state index in [1.165, 1.54) is 0 Å². The first-order valence-electron chi connectivity index (χ1n) is 8.86. The lowest BCUT2D eigenvalue weighted by molar-refractivity contribution is -0.132. The molecule has 0 saturated carbocycles. The molecule has 2 heterocycles. The summed E-state index contributed by atoms with van der Waals surface area (Å²) in [5.74, 6) is 0.267. The molecule has 1 aromatic heterocycles. The second kappa shape index (κ2) is 8.01. The Bertz CT molecular complexity index is 724. The fraction of sp³-hybridized carbons (Fsp3) is 0.400. The number of benzene rings is 1. The van der Waals surface area contributed by atoms with Gasteiger partial charge in [-0.3, -0.25) is 9.59 Å². The molecular formula is C20H25N3O2. The molecular weight excluding hydrogens is 314 g/mol. The molecule has 1 saturated heterocycles. The lowest BCUT2D eigenvalue weighted by Gasteiger charge is -2.22. The van der Waals surface area contributed by atoms with Crippen LogP contribution in [0.3, 0.4) is 0 Å². The zero-order chi connectivity index (χ0) is 17.6. The Morgan fingerprint density at radius 3 is 2.24 bits per heavy atom. The Morgan fingerprint density at radius 1 is 0.920 bits per heavy atom. The van der Waals surface area contributed by atoms with Crippen LogP contribution < -0.4 is 0 Å². The van der Waals surface area contributed by atoms with Gasteiger partial charge in [0.05, 0.1) is 12.8 Å². The van der Waals surface area contributed by atoms with E-state index in [1.807, 2.05) is 59.3 Å². The summed E-state index contributed by atoms with van der Waals surface area (Å²) in [6.45, 7) is 4.69. The van der Waals surface area contributed by atoms with Crippen LogP contribution in [0.2, 0.25) is 0 Å². The van der Waals surface area contributed by atoms with E-state index in [0.29, 0.717) is 32.5 Å². The third kappa shape index (κ3) is 4.50. The van der Waals surface area contributed by atoms with Crippen molar-refractivity contribution >= 4 is 11.8 Å². The van der Waals surface area contributed by atoms with Crippen LogP contribution in [0.1, 0.15) is 23.2 Å². The molecule has 0 spiro atoms. The predicted molar refractivity (Wildman–Crippen MR) is 97.2 cm³/mol. The summed E-state index contributed by atoms with van der Waals surface area (Å²) < 4.78 is 0. The highest BCUT2D eigenvalue weighted by atomic mass is 16.2. The highest BCUT2D eigenvalue weighted by Crippen LogP contribution is 2.12. The molecule has 3 rings (SSSR count). The van der Waals surface area contributed by atoms with E-state index in [4.69, 9.17) is 0 Å². The van der Waals surface area contributed by atoms with Crippen molar-refractivity contribution in [2.24, 2.45) is 0 Å². The summed E-state index contributed by atoms with van der Waals surface area (Å²) in [5, 5.41) is 0. The first kappa shape index (κ1) is 17.3. The molecule has 1 aliphatic heterocycles. The summed E-state index contributed by atoms with van der Waals surface area (Å²) >= 11 is 0. The average Bonchev–Trinajstić information content (AvgIpc) is 2.98. The molecule has 0 unspecified atom stereocenters. The van der Waals surface area contributed by atoms with E-state index in [-0.39, 0.29) is 11.8 Å². The smallest absolute Gasteiger partial charge is 0.228 e. The molecule has 1 N–H and O–H groups in total. The van der Waals surface area contributed by atoms with E-state index in [0.717, 1.165) is 29.8 Å². The first-order valence-corrected chi connectivity index (χ1v) is 8.86. The van der Waals surface area contributed by atoms with Gasteiger partial charge in [0.1, 0.15) is 0 Å². The number of hydrogen-bond acceptors (Lipinski definition) is 2. The van der Waals surface area contributed by atoms with E-state index < -0.39 is 0 Å². The van der Waals surface area contributed by atoms with Crippen molar-refractivity contribution in [3.8, 4) is 0 Å². The second-order valence-corrected chi connectivity index (χ2v) is 6.59. The minimum atomic E-state index is 0.121. The number of rotatable bonds is 4. The third-order valence-electron chi connectivity index (χ3n) is 4.81. The van der Waals surface area contributed by atoms with Gasteiger partial charge in [0.2, 0.25) is 11.8 Å². The van der Waals surface area contributed by atoms with Crippen molar-refractivity contribution in [3.63, 3.8) is 0 Å². The van der Waals surface area contributed by atoms with Crippen LogP contribution >= 0.6 is 0 Å². The van der Waals surface area contributed by atoms with Crippen molar-refractivity contribution < 1.29 is 9.59 Å². The fourth-order valence-electron chi connectivity index (χ4n) is 3.25. The predicted octanol–water partition coefficient (Wildman–Crippen LogP) is 2.17. The third-order valence-corrected chi connectivity index (χ3v) is 4.81. The quantitative estimate of drug-likeness (QED) is 0.928. The summed E-state index contributed by atoms with van der Waals surface area (Å²) in [7, 11) is 0. The lowest BCUT2D eigenvalue weighted by atomic mass is 10.1. The molecule has 0 bridgehead atoms. The van der Waals surface area contributed by atoms with Crippen LogP contribution in [0.15, 0.2) is 42.6 Å². The molecule has 1 fully saturated rings. The van der Waals surface area contributed by atoms with Gasteiger partial charge in [0.15, 0.2) is 0 Å². The number of aromatic amines is 1. The van der Waals surface area contributed by atoms with Crippen molar-refractivity contribution in [1.82, 2.24) is 14.8 Å². The van der Waals surface area contributed by atoms with Gasteiger partial charge in [-0.25, -0.2) is 0 Å². The van der Waals surface area contributed by atoms with Crippen molar-refractivity contribution in [2.75, 3.05) is 26.2 Å². The first-order chi connectivity index (χ1) is 12.1. The fourth-order valence-corrected chi connectivity index (χ4v) is 3.25.